The topological polar surface area (TPSA) is 66.9 Å². The predicted molar refractivity (Wildman–Crippen MR) is 108 cm³/mol. The first-order chi connectivity index (χ1) is 13.5. The zero-order valence-corrected chi connectivity index (χ0v) is 16.0. The molecule has 0 atom stereocenters. The molecular formula is C22H23FN4O. The standard InChI is InChI=1S/C22H23FN4O/c1-15-4-3-5-18(12-15)14-25-21(28)20-13-16(2)26-22(27-20)24-11-10-17-6-8-19(23)9-7-17/h3-9,12-13H,10-11,14H2,1-2H3,(H,25,28)(H,24,26,27). The number of nitrogens with zero attached hydrogens (tertiary/aromatic N) is 2. The van der Waals surface area contributed by atoms with Crippen molar-refractivity contribution >= 4 is 11.9 Å². The Morgan fingerprint density at radius 1 is 1.00 bits per heavy atom. The Hall–Kier alpha value is -3.28. The summed E-state index contributed by atoms with van der Waals surface area (Å²) in [6.07, 6.45) is 0.701. The van der Waals surface area contributed by atoms with E-state index in [-0.39, 0.29) is 11.7 Å². The molecule has 1 amide bonds. The normalized spacial score (nSPS) is 10.5. The van der Waals surface area contributed by atoms with Gasteiger partial charge in [0, 0.05) is 18.8 Å². The minimum atomic E-state index is -0.250. The molecule has 0 spiro atoms. The molecule has 0 fully saturated rings. The fraction of sp³-hybridized carbons (Fsp3) is 0.227. The first kappa shape index (κ1) is 19.5. The molecule has 5 nitrogen and oxygen atoms in total. The van der Waals surface area contributed by atoms with Gasteiger partial charge in [-0.2, -0.15) is 0 Å². The van der Waals surface area contributed by atoms with Gasteiger partial charge in [0.2, 0.25) is 5.95 Å². The molecule has 144 valence electrons. The second kappa shape index (κ2) is 9.08. The fourth-order valence-corrected chi connectivity index (χ4v) is 2.83. The summed E-state index contributed by atoms with van der Waals surface area (Å²) in [6.45, 7) is 4.86. The van der Waals surface area contributed by atoms with E-state index >= 15 is 0 Å². The van der Waals surface area contributed by atoms with Gasteiger partial charge in [-0.1, -0.05) is 42.0 Å². The molecule has 3 aromatic rings. The number of halogens is 1. The molecule has 2 aromatic carbocycles. The van der Waals surface area contributed by atoms with Crippen LogP contribution in [-0.4, -0.2) is 22.4 Å². The number of hydrogen-bond acceptors (Lipinski definition) is 4. The largest absolute Gasteiger partial charge is 0.354 e. The van der Waals surface area contributed by atoms with Crippen LogP contribution in [0.2, 0.25) is 0 Å². The molecule has 2 N–H and O–H groups in total. The molecule has 0 saturated carbocycles. The molecule has 0 aliphatic carbocycles. The molecule has 0 bridgehead atoms. The average Bonchev–Trinajstić information content (AvgIpc) is 2.67. The van der Waals surface area contributed by atoms with E-state index < -0.39 is 0 Å². The number of carbonyl (C=O) groups excluding carboxylic acids is 1. The van der Waals surface area contributed by atoms with Crippen molar-refractivity contribution in [3.05, 3.63) is 88.5 Å². The summed E-state index contributed by atoms with van der Waals surface area (Å²) >= 11 is 0. The van der Waals surface area contributed by atoms with E-state index in [0.717, 1.165) is 16.7 Å². The van der Waals surface area contributed by atoms with Crippen LogP contribution in [0.25, 0.3) is 0 Å². The Balaban J connectivity index is 1.58. The van der Waals surface area contributed by atoms with Crippen molar-refractivity contribution in [2.24, 2.45) is 0 Å². The third-order valence-electron chi connectivity index (χ3n) is 4.23. The number of amides is 1. The smallest absolute Gasteiger partial charge is 0.270 e. The molecule has 0 aliphatic heterocycles. The van der Waals surface area contributed by atoms with Crippen LogP contribution < -0.4 is 10.6 Å². The first-order valence-corrected chi connectivity index (χ1v) is 9.17. The van der Waals surface area contributed by atoms with E-state index in [1.165, 1.54) is 12.1 Å². The number of rotatable bonds is 7. The molecule has 1 aromatic heterocycles. The van der Waals surface area contributed by atoms with E-state index in [1.54, 1.807) is 18.2 Å². The Morgan fingerprint density at radius 3 is 2.54 bits per heavy atom. The summed E-state index contributed by atoms with van der Waals surface area (Å²) in [7, 11) is 0. The molecule has 6 heteroatoms. The van der Waals surface area contributed by atoms with Crippen molar-refractivity contribution in [2.75, 3.05) is 11.9 Å². The molecule has 0 aliphatic rings. The highest BCUT2D eigenvalue weighted by Crippen LogP contribution is 2.08. The average molecular weight is 378 g/mol. The van der Waals surface area contributed by atoms with Crippen LogP contribution in [0.4, 0.5) is 10.3 Å². The highest BCUT2D eigenvalue weighted by Gasteiger charge is 2.10. The van der Waals surface area contributed by atoms with E-state index in [9.17, 15) is 9.18 Å². The quantitative estimate of drug-likeness (QED) is 0.656. The van der Waals surface area contributed by atoms with Crippen LogP contribution in [-0.2, 0) is 13.0 Å². The number of nitrogens with one attached hydrogen (secondary N) is 2. The Labute approximate surface area is 164 Å². The van der Waals surface area contributed by atoms with Crippen molar-refractivity contribution in [3.63, 3.8) is 0 Å². The second-order valence-corrected chi connectivity index (χ2v) is 6.69. The van der Waals surface area contributed by atoms with E-state index in [1.807, 2.05) is 38.1 Å². The Kier molecular flexibility index (Phi) is 6.32. The van der Waals surface area contributed by atoms with Crippen molar-refractivity contribution in [3.8, 4) is 0 Å². The summed E-state index contributed by atoms with van der Waals surface area (Å²) in [6, 6.07) is 16.0. The van der Waals surface area contributed by atoms with Gasteiger partial charge in [-0.15, -0.1) is 0 Å². The number of aryl methyl sites for hydroxylation is 2. The van der Waals surface area contributed by atoms with E-state index in [2.05, 4.69) is 20.6 Å². The maximum atomic E-state index is 13.0. The van der Waals surface area contributed by atoms with Crippen LogP contribution >= 0.6 is 0 Å². The minimum absolute atomic E-state index is 0.242. The third-order valence-corrected chi connectivity index (χ3v) is 4.23. The Bertz CT molecular complexity index is 957. The first-order valence-electron chi connectivity index (χ1n) is 9.17. The SMILES string of the molecule is Cc1cccc(CNC(=O)c2cc(C)nc(NCCc3ccc(F)cc3)n2)c1. The number of hydrogen-bond donors (Lipinski definition) is 2. The molecule has 28 heavy (non-hydrogen) atoms. The highest BCUT2D eigenvalue weighted by atomic mass is 19.1. The fourth-order valence-electron chi connectivity index (χ4n) is 2.83. The van der Waals surface area contributed by atoms with Crippen molar-refractivity contribution < 1.29 is 9.18 Å². The number of aromatic nitrogens is 2. The Morgan fingerprint density at radius 2 is 1.79 bits per heavy atom. The molecule has 1 heterocycles. The zero-order valence-electron chi connectivity index (χ0n) is 16.0. The van der Waals surface area contributed by atoms with Gasteiger partial charge in [-0.3, -0.25) is 4.79 Å². The van der Waals surface area contributed by atoms with Gasteiger partial charge in [0.05, 0.1) is 0 Å². The van der Waals surface area contributed by atoms with Gasteiger partial charge in [-0.25, -0.2) is 14.4 Å². The number of benzene rings is 2. The predicted octanol–water partition coefficient (Wildman–Crippen LogP) is 3.82. The van der Waals surface area contributed by atoms with Gasteiger partial charge < -0.3 is 10.6 Å². The van der Waals surface area contributed by atoms with Crippen molar-refractivity contribution in [2.45, 2.75) is 26.8 Å². The van der Waals surface area contributed by atoms with Crippen LogP contribution in [0.3, 0.4) is 0 Å². The molecule has 3 rings (SSSR count). The number of anilines is 1. The van der Waals surface area contributed by atoms with Crippen LogP contribution in [0, 0.1) is 19.7 Å². The maximum absolute atomic E-state index is 13.0. The summed E-state index contributed by atoms with van der Waals surface area (Å²) in [5.41, 5.74) is 4.23. The van der Waals surface area contributed by atoms with E-state index in [4.69, 9.17) is 0 Å². The van der Waals surface area contributed by atoms with Gasteiger partial charge in [0.25, 0.3) is 5.91 Å². The van der Waals surface area contributed by atoms with Crippen LogP contribution in [0.1, 0.15) is 32.9 Å². The summed E-state index contributed by atoms with van der Waals surface area (Å²) in [5, 5.41) is 6.02. The summed E-state index contributed by atoms with van der Waals surface area (Å²) < 4.78 is 13.0. The minimum Gasteiger partial charge on any atom is -0.354 e. The zero-order chi connectivity index (χ0) is 19.9. The van der Waals surface area contributed by atoms with Gasteiger partial charge in [0.15, 0.2) is 0 Å². The summed E-state index contributed by atoms with van der Waals surface area (Å²) in [5.74, 6) is -0.0866. The monoisotopic (exact) mass is 378 g/mol. The lowest BCUT2D eigenvalue weighted by atomic mass is 10.1. The van der Waals surface area contributed by atoms with Crippen LogP contribution in [0.5, 0.6) is 0 Å². The summed E-state index contributed by atoms with van der Waals surface area (Å²) in [4.78, 5) is 21.1. The van der Waals surface area contributed by atoms with E-state index in [0.29, 0.717) is 36.8 Å². The lowest BCUT2D eigenvalue weighted by Crippen LogP contribution is -2.24. The van der Waals surface area contributed by atoms with Gasteiger partial charge >= 0.3 is 0 Å². The van der Waals surface area contributed by atoms with Crippen molar-refractivity contribution in [1.29, 1.82) is 0 Å². The van der Waals surface area contributed by atoms with Gasteiger partial charge in [-0.05, 0) is 49.6 Å². The molecule has 0 radical (unpaired) electrons. The maximum Gasteiger partial charge on any atom is 0.270 e. The second-order valence-electron chi connectivity index (χ2n) is 6.69. The third kappa shape index (κ3) is 5.61. The molecule has 0 unspecified atom stereocenters. The highest BCUT2D eigenvalue weighted by molar-refractivity contribution is 5.92. The number of carbonyl (C=O) groups is 1. The van der Waals surface area contributed by atoms with Crippen molar-refractivity contribution in [1.82, 2.24) is 15.3 Å². The molecular weight excluding hydrogens is 355 g/mol. The van der Waals surface area contributed by atoms with Crippen LogP contribution in [0.15, 0.2) is 54.6 Å². The molecule has 0 saturated heterocycles. The lowest BCUT2D eigenvalue weighted by Gasteiger charge is -2.09. The lowest BCUT2D eigenvalue weighted by molar-refractivity contribution is 0.0945. The van der Waals surface area contributed by atoms with Gasteiger partial charge in [0.1, 0.15) is 11.5 Å².